The highest BCUT2D eigenvalue weighted by atomic mass is 32.2. The molecule has 0 bridgehead atoms. The van der Waals surface area contributed by atoms with E-state index in [9.17, 15) is 9.59 Å². The normalized spacial score (nSPS) is 10.5. The van der Waals surface area contributed by atoms with E-state index in [4.69, 9.17) is 4.42 Å². The first-order valence-electron chi connectivity index (χ1n) is 8.04. The summed E-state index contributed by atoms with van der Waals surface area (Å²) in [6.45, 7) is 2.63. The fourth-order valence-corrected chi connectivity index (χ4v) is 3.75. The third-order valence-electron chi connectivity index (χ3n) is 3.49. The first kappa shape index (κ1) is 18.3. The van der Waals surface area contributed by atoms with Crippen LogP contribution in [0.25, 0.3) is 0 Å². The molecule has 0 aliphatic heterocycles. The molecule has 2 N–H and O–H groups in total. The van der Waals surface area contributed by atoms with E-state index in [-0.39, 0.29) is 17.6 Å². The quantitative estimate of drug-likeness (QED) is 0.466. The zero-order valence-electron chi connectivity index (χ0n) is 14.2. The van der Waals surface area contributed by atoms with E-state index in [0.717, 1.165) is 5.75 Å². The summed E-state index contributed by atoms with van der Waals surface area (Å²) in [6, 6.07) is 15.0. The van der Waals surface area contributed by atoms with Gasteiger partial charge in [-0.05, 0) is 43.3 Å². The minimum atomic E-state index is -0.335. The average Bonchev–Trinajstić information content (AvgIpc) is 3.32. The predicted octanol–water partition coefficient (Wildman–Crippen LogP) is 4.42. The van der Waals surface area contributed by atoms with Gasteiger partial charge < -0.3 is 15.1 Å². The summed E-state index contributed by atoms with van der Waals surface area (Å²) in [5, 5.41) is 6.21. The molecule has 0 aliphatic rings. The first-order chi connectivity index (χ1) is 12.6. The maximum atomic E-state index is 12.2. The van der Waals surface area contributed by atoms with Gasteiger partial charge in [0.15, 0.2) is 5.76 Å². The van der Waals surface area contributed by atoms with Gasteiger partial charge >= 0.3 is 0 Å². The van der Waals surface area contributed by atoms with E-state index in [1.54, 1.807) is 36.0 Å². The summed E-state index contributed by atoms with van der Waals surface area (Å²) < 4.78 is 5.04. The van der Waals surface area contributed by atoms with Crippen LogP contribution in [0, 0.1) is 6.92 Å². The van der Waals surface area contributed by atoms with Gasteiger partial charge in [-0.15, -0.1) is 23.1 Å². The molecule has 26 heavy (non-hydrogen) atoms. The van der Waals surface area contributed by atoms with Crippen molar-refractivity contribution in [2.24, 2.45) is 0 Å². The zero-order chi connectivity index (χ0) is 18.4. The maximum absolute atomic E-state index is 12.2. The molecular weight excluding hydrogens is 368 g/mol. The van der Waals surface area contributed by atoms with Crippen LogP contribution in [0.3, 0.4) is 0 Å². The maximum Gasteiger partial charge on any atom is 0.291 e. The number of furan rings is 1. The largest absolute Gasteiger partial charge is 0.459 e. The molecule has 0 fully saturated rings. The van der Waals surface area contributed by atoms with Gasteiger partial charge in [0.05, 0.1) is 16.1 Å². The number of carbonyl (C=O) groups excluding carboxylic acids is 2. The monoisotopic (exact) mass is 386 g/mol. The van der Waals surface area contributed by atoms with Crippen LogP contribution in [-0.2, 0) is 0 Å². The highest BCUT2D eigenvalue weighted by Gasteiger charge is 2.13. The smallest absolute Gasteiger partial charge is 0.291 e. The fourth-order valence-electron chi connectivity index (χ4n) is 2.16. The van der Waals surface area contributed by atoms with Crippen LogP contribution in [0.2, 0.25) is 0 Å². The number of benzene rings is 1. The molecule has 2 amide bonds. The summed E-state index contributed by atoms with van der Waals surface area (Å²) in [6.07, 6.45) is 1.44. The zero-order valence-corrected chi connectivity index (χ0v) is 15.8. The van der Waals surface area contributed by atoms with E-state index < -0.39 is 0 Å². The third-order valence-corrected chi connectivity index (χ3v) is 5.50. The summed E-state index contributed by atoms with van der Waals surface area (Å²) in [5.74, 6) is 0.552. The number of nitrogens with one attached hydrogen (secondary N) is 2. The first-order valence-corrected chi connectivity index (χ1v) is 9.84. The average molecular weight is 386 g/mol. The predicted molar refractivity (Wildman–Crippen MR) is 105 cm³/mol. The van der Waals surface area contributed by atoms with Crippen LogP contribution in [0.15, 0.2) is 64.1 Å². The van der Waals surface area contributed by atoms with Gasteiger partial charge in [0.25, 0.3) is 11.8 Å². The fraction of sp³-hybridized carbons (Fsp3) is 0.158. The van der Waals surface area contributed by atoms with E-state index >= 15 is 0 Å². The van der Waals surface area contributed by atoms with Gasteiger partial charge in [0, 0.05) is 17.2 Å². The van der Waals surface area contributed by atoms with Gasteiger partial charge in [-0.25, -0.2) is 0 Å². The van der Waals surface area contributed by atoms with Crippen LogP contribution in [-0.4, -0.2) is 24.1 Å². The second-order valence-electron chi connectivity index (χ2n) is 5.51. The Morgan fingerprint density at radius 3 is 2.62 bits per heavy atom. The molecule has 0 radical (unpaired) electrons. The summed E-state index contributed by atoms with van der Waals surface area (Å²) in [5.41, 5.74) is 1.23. The molecule has 0 atom stereocenters. The lowest BCUT2D eigenvalue weighted by Gasteiger charge is -2.04. The van der Waals surface area contributed by atoms with Crippen molar-refractivity contribution in [3.05, 3.63) is 71.0 Å². The minimum Gasteiger partial charge on any atom is -0.459 e. The molecule has 3 aromatic rings. The Bertz CT molecular complexity index is 871. The van der Waals surface area contributed by atoms with Crippen LogP contribution >= 0.6 is 23.1 Å². The molecule has 0 saturated carbocycles. The molecule has 2 aromatic heterocycles. The Hall–Kier alpha value is -2.51. The molecule has 0 spiro atoms. The Morgan fingerprint density at radius 1 is 1.08 bits per heavy atom. The standard InChI is InChI=1S/C19H18N2O3S2/c1-13-4-6-14(7-5-13)25-12-10-20-19(23)16-8-9-17(26-16)21-18(22)15-3-2-11-24-15/h2-9,11H,10,12H2,1H3,(H,20,23)(H,21,22). The molecule has 2 heterocycles. The van der Waals surface area contributed by atoms with Crippen molar-refractivity contribution >= 4 is 39.9 Å². The number of thioether (sulfide) groups is 1. The number of hydrogen-bond acceptors (Lipinski definition) is 5. The van der Waals surface area contributed by atoms with Gasteiger partial charge in [-0.1, -0.05) is 17.7 Å². The van der Waals surface area contributed by atoms with E-state index in [1.165, 1.54) is 28.1 Å². The highest BCUT2D eigenvalue weighted by Crippen LogP contribution is 2.23. The lowest BCUT2D eigenvalue weighted by molar-refractivity contribution is 0.0958. The number of rotatable bonds is 7. The van der Waals surface area contributed by atoms with Crippen LogP contribution in [0.4, 0.5) is 5.00 Å². The molecule has 0 saturated heterocycles. The van der Waals surface area contributed by atoms with E-state index in [0.29, 0.717) is 16.4 Å². The number of hydrogen-bond donors (Lipinski definition) is 2. The summed E-state index contributed by atoms with van der Waals surface area (Å²) in [7, 11) is 0. The van der Waals surface area contributed by atoms with Crippen molar-refractivity contribution in [3.63, 3.8) is 0 Å². The Labute approximate surface area is 159 Å². The summed E-state index contributed by atoms with van der Waals surface area (Å²) in [4.78, 5) is 25.8. The SMILES string of the molecule is Cc1ccc(SCCNC(=O)c2ccc(NC(=O)c3ccco3)s2)cc1. The molecule has 0 aliphatic carbocycles. The lowest BCUT2D eigenvalue weighted by Crippen LogP contribution is -2.24. The van der Waals surface area contributed by atoms with Gasteiger partial charge in [-0.2, -0.15) is 0 Å². The minimum absolute atomic E-state index is 0.141. The van der Waals surface area contributed by atoms with Crippen LogP contribution in [0.1, 0.15) is 25.8 Å². The number of aryl methyl sites for hydroxylation is 1. The molecular formula is C19H18N2O3S2. The van der Waals surface area contributed by atoms with Crippen molar-refractivity contribution in [1.82, 2.24) is 5.32 Å². The Morgan fingerprint density at radius 2 is 1.88 bits per heavy atom. The molecule has 3 rings (SSSR count). The number of anilines is 1. The molecule has 7 heteroatoms. The topological polar surface area (TPSA) is 71.3 Å². The molecule has 0 unspecified atom stereocenters. The van der Waals surface area contributed by atoms with Crippen LogP contribution in [0.5, 0.6) is 0 Å². The van der Waals surface area contributed by atoms with Gasteiger partial charge in [-0.3, -0.25) is 9.59 Å². The molecule has 1 aromatic carbocycles. The van der Waals surface area contributed by atoms with Crippen molar-refractivity contribution in [2.75, 3.05) is 17.6 Å². The lowest BCUT2D eigenvalue weighted by atomic mass is 10.2. The second-order valence-corrected chi connectivity index (χ2v) is 7.76. The number of carbonyl (C=O) groups is 2. The molecule has 134 valence electrons. The van der Waals surface area contributed by atoms with Crippen molar-refractivity contribution in [2.45, 2.75) is 11.8 Å². The van der Waals surface area contributed by atoms with E-state index in [2.05, 4.69) is 41.8 Å². The van der Waals surface area contributed by atoms with Gasteiger partial charge in [0.2, 0.25) is 0 Å². The Balaban J connectivity index is 1.44. The summed E-state index contributed by atoms with van der Waals surface area (Å²) >= 11 is 2.93. The number of thiophene rings is 1. The number of amides is 2. The second kappa shape index (κ2) is 8.73. The van der Waals surface area contributed by atoms with Crippen LogP contribution < -0.4 is 10.6 Å². The third kappa shape index (κ3) is 5.00. The van der Waals surface area contributed by atoms with Crippen molar-refractivity contribution in [3.8, 4) is 0 Å². The van der Waals surface area contributed by atoms with Gasteiger partial charge in [0.1, 0.15) is 0 Å². The van der Waals surface area contributed by atoms with Crippen molar-refractivity contribution in [1.29, 1.82) is 0 Å². The Kier molecular flexibility index (Phi) is 6.14. The van der Waals surface area contributed by atoms with E-state index in [1.807, 2.05) is 0 Å². The van der Waals surface area contributed by atoms with Crippen molar-refractivity contribution < 1.29 is 14.0 Å². The molecule has 5 nitrogen and oxygen atoms in total. The highest BCUT2D eigenvalue weighted by molar-refractivity contribution is 7.99.